The molecule has 0 aliphatic heterocycles. The Morgan fingerprint density at radius 3 is 2.17 bits per heavy atom. The van der Waals surface area contributed by atoms with Crippen molar-refractivity contribution in [1.82, 2.24) is 0 Å². The number of rotatable bonds is 2. The fourth-order valence-electron chi connectivity index (χ4n) is 0.867. The summed E-state index contributed by atoms with van der Waals surface area (Å²) in [7, 11) is 0. The fraction of sp³-hybridized carbons (Fsp3) is 0.111. The Morgan fingerprint density at radius 1 is 1.17 bits per heavy atom. The van der Waals surface area contributed by atoms with Gasteiger partial charge in [-0.2, -0.15) is 0 Å². The van der Waals surface area contributed by atoms with Crippen molar-refractivity contribution in [3.8, 4) is 0 Å². The molecule has 0 amide bonds. The maximum atomic E-state index is 5.69. The first kappa shape index (κ1) is 9.91. The summed E-state index contributed by atoms with van der Waals surface area (Å²) in [6.07, 6.45) is 0. The van der Waals surface area contributed by atoms with Crippen LogP contribution in [0.2, 0.25) is 0 Å². The third-order valence-corrected chi connectivity index (χ3v) is 2.17. The van der Waals surface area contributed by atoms with Gasteiger partial charge in [-0.1, -0.05) is 41.9 Å². The highest BCUT2D eigenvalue weighted by atomic mass is 35.5. The maximum absolute atomic E-state index is 5.69. The van der Waals surface area contributed by atoms with Crippen molar-refractivity contribution in [3.05, 3.63) is 41.4 Å². The van der Waals surface area contributed by atoms with E-state index in [4.69, 9.17) is 34.8 Å². The van der Waals surface area contributed by atoms with Gasteiger partial charge in [0.25, 0.3) is 0 Å². The second-order valence-electron chi connectivity index (χ2n) is 2.23. The van der Waals surface area contributed by atoms with Crippen LogP contribution in [0, 0.1) is 0 Å². The van der Waals surface area contributed by atoms with Crippen molar-refractivity contribution in [2.24, 2.45) is 0 Å². The van der Waals surface area contributed by atoms with Crippen molar-refractivity contribution >= 4 is 40.4 Å². The highest BCUT2D eigenvalue weighted by Crippen LogP contribution is 2.25. The monoisotopic (exact) mass is 220 g/mol. The Labute approximate surface area is 86.7 Å². The molecule has 0 spiro atoms. The molecule has 1 aromatic carbocycles. The Balaban J connectivity index is 2.97. The van der Waals surface area contributed by atoms with E-state index in [-0.39, 0.29) is 0 Å². The molecule has 64 valence electrons. The Morgan fingerprint density at radius 2 is 1.75 bits per heavy atom. The molecular weight excluding hydrogens is 214 g/mol. The SMILES string of the molecule is ClC=C(c1ccccc1)C(Cl)Cl. The van der Waals surface area contributed by atoms with Gasteiger partial charge in [-0.3, -0.25) is 0 Å². The smallest absolute Gasteiger partial charge is 0.100 e. The van der Waals surface area contributed by atoms with E-state index in [9.17, 15) is 0 Å². The largest absolute Gasteiger partial charge is 0.134 e. The quantitative estimate of drug-likeness (QED) is 0.661. The molecule has 3 heteroatoms. The highest BCUT2D eigenvalue weighted by Gasteiger charge is 2.08. The third-order valence-electron chi connectivity index (χ3n) is 1.46. The molecule has 0 N–H and O–H groups in total. The van der Waals surface area contributed by atoms with E-state index < -0.39 is 4.84 Å². The minimum atomic E-state index is -0.579. The van der Waals surface area contributed by atoms with Crippen LogP contribution in [0.4, 0.5) is 0 Å². The Bertz CT molecular complexity index is 264. The molecule has 0 aromatic heterocycles. The molecule has 0 saturated carbocycles. The number of hydrogen-bond acceptors (Lipinski definition) is 0. The predicted octanol–water partition coefficient (Wildman–Crippen LogP) is 4.07. The van der Waals surface area contributed by atoms with E-state index in [0.29, 0.717) is 0 Å². The van der Waals surface area contributed by atoms with Gasteiger partial charge in [0.15, 0.2) is 0 Å². The molecule has 0 saturated heterocycles. The van der Waals surface area contributed by atoms with Gasteiger partial charge in [-0.15, -0.1) is 23.2 Å². The van der Waals surface area contributed by atoms with Crippen molar-refractivity contribution in [2.75, 3.05) is 0 Å². The van der Waals surface area contributed by atoms with Crippen molar-refractivity contribution in [1.29, 1.82) is 0 Å². The molecular formula is C9H7Cl3. The molecule has 0 aliphatic rings. The van der Waals surface area contributed by atoms with E-state index in [1.165, 1.54) is 5.54 Å². The van der Waals surface area contributed by atoms with Crippen molar-refractivity contribution < 1.29 is 0 Å². The number of hydrogen-bond donors (Lipinski definition) is 0. The normalized spacial score (nSPS) is 12.2. The summed E-state index contributed by atoms with van der Waals surface area (Å²) < 4.78 is 0. The van der Waals surface area contributed by atoms with Crippen LogP contribution < -0.4 is 0 Å². The summed E-state index contributed by atoms with van der Waals surface area (Å²) >= 11 is 16.9. The van der Waals surface area contributed by atoms with Gasteiger partial charge in [0.05, 0.1) is 0 Å². The molecule has 0 bridgehead atoms. The zero-order valence-electron chi connectivity index (χ0n) is 6.18. The lowest BCUT2D eigenvalue weighted by atomic mass is 10.1. The number of benzene rings is 1. The first-order chi connectivity index (χ1) is 5.75. The van der Waals surface area contributed by atoms with Crippen LogP contribution in [0.5, 0.6) is 0 Å². The second-order valence-corrected chi connectivity index (χ2v) is 3.55. The Kier molecular flexibility index (Phi) is 3.93. The van der Waals surface area contributed by atoms with Gasteiger partial charge in [0, 0.05) is 11.1 Å². The summed E-state index contributed by atoms with van der Waals surface area (Å²) in [5, 5.41) is 0. The van der Waals surface area contributed by atoms with E-state index in [1.54, 1.807) is 0 Å². The molecule has 1 aromatic rings. The topological polar surface area (TPSA) is 0 Å². The van der Waals surface area contributed by atoms with E-state index in [1.807, 2.05) is 30.3 Å². The average molecular weight is 222 g/mol. The number of alkyl halides is 2. The van der Waals surface area contributed by atoms with Crippen LogP contribution in [0.3, 0.4) is 0 Å². The summed E-state index contributed by atoms with van der Waals surface area (Å²) in [5.41, 5.74) is 3.07. The van der Waals surface area contributed by atoms with Gasteiger partial charge in [-0.05, 0) is 5.56 Å². The number of allylic oxidation sites excluding steroid dienone is 1. The van der Waals surface area contributed by atoms with E-state index in [2.05, 4.69) is 0 Å². The molecule has 12 heavy (non-hydrogen) atoms. The van der Waals surface area contributed by atoms with Crippen LogP contribution in [-0.2, 0) is 0 Å². The first-order valence-corrected chi connectivity index (χ1v) is 4.70. The zero-order chi connectivity index (χ0) is 8.97. The summed E-state index contributed by atoms with van der Waals surface area (Å²) in [5.74, 6) is 0. The molecule has 0 aliphatic carbocycles. The lowest BCUT2D eigenvalue weighted by Gasteiger charge is -2.05. The predicted molar refractivity (Wildman–Crippen MR) is 55.8 cm³/mol. The number of halogens is 3. The minimum absolute atomic E-state index is 0.579. The van der Waals surface area contributed by atoms with Gasteiger partial charge in [-0.25, -0.2) is 0 Å². The lowest BCUT2D eigenvalue weighted by molar-refractivity contribution is 1.53. The first-order valence-electron chi connectivity index (χ1n) is 3.39. The summed E-state index contributed by atoms with van der Waals surface area (Å²) in [4.78, 5) is -0.579. The van der Waals surface area contributed by atoms with Crippen LogP contribution in [0.15, 0.2) is 35.9 Å². The van der Waals surface area contributed by atoms with E-state index >= 15 is 0 Å². The third kappa shape index (κ3) is 2.41. The zero-order valence-corrected chi connectivity index (χ0v) is 8.44. The molecule has 0 nitrogen and oxygen atoms in total. The van der Waals surface area contributed by atoms with Gasteiger partial charge in [0.1, 0.15) is 4.84 Å². The summed E-state index contributed by atoms with van der Waals surface area (Å²) in [6, 6.07) is 9.56. The van der Waals surface area contributed by atoms with Crippen molar-refractivity contribution in [2.45, 2.75) is 4.84 Å². The highest BCUT2D eigenvalue weighted by molar-refractivity contribution is 6.50. The van der Waals surface area contributed by atoms with Crippen LogP contribution in [0.1, 0.15) is 5.56 Å². The minimum Gasteiger partial charge on any atom is -0.100 e. The molecule has 0 radical (unpaired) electrons. The second kappa shape index (κ2) is 4.76. The molecule has 0 atom stereocenters. The van der Waals surface area contributed by atoms with Gasteiger partial charge < -0.3 is 0 Å². The Hall–Kier alpha value is -0.170. The fourth-order valence-corrected chi connectivity index (χ4v) is 1.63. The molecule has 0 heterocycles. The van der Waals surface area contributed by atoms with Crippen LogP contribution in [-0.4, -0.2) is 4.84 Å². The van der Waals surface area contributed by atoms with Crippen molar-refractivity contribution in [3.63, 3.8) is 0 Å². The summed E-state index contributed by atoms with van der Waals surface area (Å²) in [6.45, 7) is 0. The molecule has 0 fully saturated rings. The molecule has 1 rings (SSSR count). The standard InChI is InChI=1S/C9H7Cl3/c10-6-8(9(11)12)7-4-2-1-3-5-7/h1-6,9H. The van der Waals surface area contributed by atoms with Crippen LogP contribution in [0.25, 0.3) is 5.57 Å². The average Bonchev–Trinajstić information content (AvgIpc) is 2.07. The van der Waals surface area contributed by atoms with Gasteiger partial charge in [0.2, 0.25) is 0 Å². The lowest BCUT2D eigenvalue weighted by Crippen LogP contribution is -1.91. The van der Waals surface area contributed by atoms with E-state index in [0.717, 1.165) is 11.1 Å². The van der Waals surface area contributed by atoms with Crippen LogP contribution >= 0.6 is 34.8 Å². The van der Waals surface area contributed by atoms with Gasteiger partial charge >= 0.3 is 0 Å². The molecule has 0 unspecified atom stereocenters. The maximum Gasteiger partial charge on any atom is 0.134 e.